The van der Waals surface area contributed by atoms with Crippen LogP contribution in [0.25, 0.3) is 0 Å². The Kier molecular flexibility index (Phi) is 3.78. The molecule has 1 aromatic carbocycles. The number of aromatic nitrogens is 1. The van der Waals surface area contributed by atoms with Gasteiger partial charge in [0.05, 0.1) is 17.8 Å². The van der Waals surface area contributed by atoms with Crippen LogP contribution in [0.5, 0.6) is 0 Å². The van der Waals surface area contributed by atoms with Crippen molar-refractivity contribution in [1.29, 1.82) is 0 Å². The molecule has 0 atom stereocenters. The van der Waals surface area contributed by atoms with Crippen LogP contribution in [-0.2, 0) is 6.54 Å². The van der Waals surface area contributed by atoms with Crippen molar-refractivity contribution < 1.29 is 14.3 Å². The zero-order valence-electron chi connectivity index (χ0n) is 8.98. The molecule has 18 heavy (non-hydrogen) atoms. The molecule has 0 fully saturated rings. The Morgan fingerprint density at radius 3 is 2.89 bits per heavy atom. The summed E-state index contributed by atoms with van der Waals surface area (Å²) in [7, 11) is 0. The van der Waals surface area contributed by atoms with Crippen LogP contribution in [0.2, 0.25) is 4.47 Å². The summed E-state index contributed by atoms with van der Waals surface area (Å²) in [6.45, 7) is 0.383. The lowest BCUT2D eigenvalue weighted by molar-refractivity contribution is 0.0696. The number of nitrogens with one attached hydrogen (secondary N) is 1. The van der Waals surface area contributed by atoms with Gasteiger partial charge in [-0.1, -0.05) is 11.6 Å². The van der Waals surface area contributed by atoms with Crippen LogP contribution in [0.15, 0.2) is 24.4 Å². The molecule has 7 heteroatoms. The van der Waals surface area contributed by atoms with Crippen molar-refractivity contribution in [2.45, 2.75) is 6.54 Å². The minimum atomic E-state index is -1.16. The van der Waals surface area contributed by atoms with Crippen LogP contribution < -0.4 is 5.32 Å². The van der Waals surface area contributed by atoms with Crippen molar-refractivity contribution in [2.24, 2.45) is 0 Å². The van der Waals surface area contributed by atoms with E-state index in [2.05, 4.69) is 10.3 Å². The van der Waals surface area contributed by atoms with Gasteiger partial charge in [-0.05, 0) is 18.2 Å². The average molecular weight is 287 g/mol. The van der Waals surface area contributed by atoms with E-state index in [-0.39, 0.29) is 11.3 Å². The van der Waals surface area contributed by atoms with Gasteiger partial charge in [-0.25, -0.2) is 14.2 Å². The van der Waals surface area contributed by atoms with Crippen molar-refractivity contribution in [2.75, 3.05) is 5.32 Å². The second-order valence-electron chi connectivity index (χ2n) is 3.43. The lowest BCUT2D eigenvalue weighted by Gasteiger charge is -2.06. The maximum Gasteiger partial charge on any atom is 0.335 e. The van der Waals surface area contributed by atoms with Crippen LogP contribution in [0, 0.1) is 5.82 Å². The van der Waals surface area contributed by atoms with E-state index in [0.29, 0.717) is 11.0 Å². The molecule has 1 aromatic heterocycles. The first kappa shape index (κ1) is 12.8. The van der Waals surface area contributed by atoms with Gasteiger partial charge >= 0.3 is 5.97 Å². The van der Waals surface area contributed by atoms with Crippen molar-refractivity contribution in [3.8, 4) is 0 Å². The highest BCUT2D eigenvalue weighted by atomic mass is 35.5. The lowest BCUT2D eigenvalue weighted by atomic mass is 10.2. The number of nitrogens with zero attached hydrogens (tertiary/aromatic N) is 1. The topological polar surface area (TPSA) is 62.2 Å². The smallest absolute Gasteiger partial charge is 0.335 e. The summed E-state index contributed by atoms with van der Waals surface area (Å²) in [6.07, 6.45) is 1.60. The number of halogens is 2. The molecule has 1 heterocycles. The van der Waals surface area contributed by atoms with E-state index in [1.807, 2.05) is 0 Å². The SMILES string of the molecule is O=C(O)c1ccc(NCc2cnc(Cl)s2)c(F)c1. The second kappa shape index (κ2) is 5.32. The molecule has 2 rings (SSSR count). The van der Waals surface area contributed by atoms with Gasteiger partial charge in [0, 0.05) is 11.1 Å². The number of anilines is 1. The number of rotatable bonds is 4. The maximum atomic E-state index is 13.6. The van der Waals surface area contributed by atoms with E-state index < -0.39 is 11.8 Å². The largest absolute Gasteiger partial charge is 0.478 e. The fourth-order valence-corrected chi connectivity index (χ4v) is 2.26. The number of hydrogen-bond donors (Lipinski definition) is 2. The van der Waals surface area contributed by atoms with E-state index in [1.54, 1.807) is 6.20 Å². The summed E-state index contributed by atoms with van der Waals surface area (Å²) < 4.78 is 14.0. The number of carboxylic acid groups (broad SMARTS) is 1. The van der Waals surface area contributed by atoms with Crippen LogP contribution in [-0.4, -0.2) is 16.1 Å². The average Bonchev–Trinajstić information content (AvgIpc) is 2.73. The molecule has 0 aliphatic rings. The standard InChI is InChI=1S/C11H8ClFN2O2S/c12-11-15-5-7(18-11)4-14-9-2-1-6(10(16)17)3-8(9)13/h1-3,5,14H,4H2,(H,16,17). The molecule has 0 unspecified atom stereocenters. The van der Waals surface area contributed by atoms with E-state index in [1.165, 1.54) is 23.5 Å². The number of aromatic carboxylic acids is 1. The van der Waals surface area contributed by atoms with E-state index in [0.717, 1.165) is 10.9 Å². The summed E-state index contributed by atoms with van der Waals surface area (Å²) in [4.78, 5) is 15.4. The monoisotopic (exact) mass is 286 g/mol. The number of thiazole rings is 1. The highest BCUT2D eigenvalue weighted by Crippen LogP contribution is 2.21. The van der Waals surface area contributed by atoms with Gasteiger partial charge in [-0.3, -0.25) is 0 Å². The highest BCUT2D eigenvalue weighted by Gasteiger charge is 2.08. The zero-order chi connectivity index (χ0) is 13.1. The number of benzene rings is 1. The molecule has 0 radical (unpaired) electrons. The Hall–Kier alpha value is -1.66. The minimum absolute atomic E-state index is 0.0844. The summed E-state index contributed by atoms with van der Waals surface area (Å²) >= 11 is 6.97. The summed E-state index contributed by atoms with van der Waals surface area (Å²) in [6, 6.07) is 3.71. The Morgan fingerprint density at radius 1 is 1.56 bits per heavy atom. The summed E-state index contributed by atoms with van der Waals surface area (Å²) in [5, 5.41) is 11.6. The predicted octanol–water partition coefficient (Wildman–Crippen LogP) is 3.25. The van der Waals surface area contributed by atoms with Crippen molar-refractivity contribution in [3.63, 3.8) is 0 Å². The van der Waals surface area contributed by atoms with Crippen LogP contribution in [0.3, 0.4) is 0 Å². The van der Waals surface area contributed by atoms with Gasteiger partial charge in [-0.15, -0.1) is 11.3 Å². The second-order valence-corrected chi connectivity index (χ2v) is 5.13. The van der Waals surface area contributed by atoms with Crippen molar-refractivity contribution >= 4 is 34.6 Å². The predicted molar refractivity (Wildman–Crippen MR) is 67.8 cm³/mol. The van der Waals surface area contributed by atoms with Crippen molar-refractivity contribution in [1.82, 2.24) is 4.98 Å². The minimum Gasteiger partial charge on any atom is -0.478 e. The van der Waals surface area contributed by atoms with Gasteiger partial charge in [0.1, 0.15) is 5.82 Å². The first-order chi connectivity index (χ1) is 8.56. The van der Waals surface area contributed by atoms with E-state index in [4.69, 9.17) is 16.7 Å². The summed E-state index contributed by atoms with van der Waals surface area (Å²) in [5.41, 5.74) is 0.156. The number of carboxylic acids is 1. The van der Waals surface area contributed by atoms with Gasteiger partial charge < -0.3 is 10.4 Å². The molecular weight excluding hydrogens is 279 g/mol. The molecule has 0 amide bonds. The van der Waals surface area contributed by atoms with E-state index >= 15 is 0 Å². The Morgan fingerprint density at radius 2 is 2.33 bits per heavy atom. The van der Waals surface area contributed by atoms with Crippen LogP contribution in [0.4, 0.5) is 10.1 Å². The quantitative estimate of drug-likeness (QED) is 0.906. The zero-order valence-corrected chi connectivity index (χ0v) is 10.6. The fraction of sp³-hybridized carbons (Fsp3) is 0.0909. The van der Waals surface area contributed by atoms with Gasteiger partial charge in [0.15, 0.2) is 4.47 Å². The molecule has 0 saturated carbocycles. The highest BCUT2D eigenvalue weighted by molar-refractivity contribution is 7.15. The first-order valence-corrected chi connectivity index (χ1v) is 6.12. The van der Waals surface area contributed by atoms with Gasteiger partial charge in [0.2, 0.25) is 0 Å². The Balaban J connectivity index is 2.08. The normalized spacial score (nSPS) is 10.3. The third kappa shape index (κ3) is 2.96. The first-order valence-electron chi connectivity index (χ1n) is 4.93. The molecule has 2 aromatic rings. The number of carbonyl (C=O) groups is 1. The molecular formula is C11H8ClFN2O2S. The van der Waals surface area contributed by atoms with Crippen molar-refractivity contribution in [3.05, 3.63) is 45.1 Å². The summed E-state index contributed by atoms with van der Waals surface area (Å²) in [5.74, 6) is -1.76. The molecule has 0 spiro atoms. The van der Waals surface area contributed by atoms with Gasteiger partial charge in [-0.2, -0.15) is 0 Å². The van der Waals surface area contributed by atoms with Crippen LogP contribution in [0.1, 0.15) is 15.2 Å². The maximum absolute atomic E-state index is 13.6. The Bertz CT molecular complexity index is 588. The molecule has 2 N–H and O–H groups in total. The number of hydrogen-bond acceptors (Lipinski definition) is 4. The van der Waals surface area contributed by atoms with Crippen LogP contribution >= 0.6 is 22.9 Å². The molecule has 0 saturated heterocycles. The fourth-order valence-electron chi connectivity index (χ4n) is 1.34. The Labute approximate surface area is 111 Å². The lowest BCUT2D eigenvalue weighted by Crippen LogP contribution is -2.02. The van der Waals surface area contributed by atoms with Gasteiger partial charge in [0.25, 0.3) is 0 Å². The molecule has 0 aliphatic heterocycles. The molecule has 0 bridgehead atoms. The molecule has 0 aliphatic carbocycles. The molecule has 94 valence electrons. The van der Waals surface area contributed by atoms with E-state index in [9.17, 15) is 9.18 Å². The third-order valence-electron chi connectivity index (χ3n) is 2.19. The third-order valence-corrected chi connectivity index (χ3v) is 3.31. The molecule has 4 nitrogen and oxygen atoms in total.